The van der Waals surface area contributed by atoms with Gasteiger partial charge in [-0.1, -0.05) is 12.1 Å². The Hall–Kier alpha value is -3.36. The fourth-order valence-corrected chi connectivity index (χ4v) is 2.49. The van der Waals surface area contributed by atoms with E-state index in [0.717, 1.165) is 5.56 Å². The van der Waals surface area contributed by atoms with Crippen LogP contribution in [0, 0.1) is 5.82 Å². The van der Waals surface area contributed by atoms with Gasteiger partial charge >= 0.3 is 0 Å². The third-order valence-corrected chi connectivity index (χ3v) is 3.87. The molecule has 9 heteroatoms. The molecule has 2 N–H and O–H groups in total. The molecule has 1 aromatic carbocycles. The molecule has 1 aliphatic rings. The summed E-state index contributed by atoms with van der Waals surface area (Å²) in [6.07, 6.45) is 3.75. The Bertz CT molecular complexity index is 826. The number of hydrazone groups is 1. The van der Waals surface area contributed by atoms with Crippen LogP contribution in [0.2, 0.25) is 0 Å². The second kappa shape index (κ2) is 8.84. The van der Waals surface area contributed by atoms with Gasteiger partial charge in [-0.2, -0.15) is 5.10 Å². The Morgan fingerprint density at radius 3 is 2.59 bits per heavy atom. The molecule has 0 spiro atoms. The zero-order chi connectivity index (χ0) is 19.1. The fraction of sp³-hybridized carbons (Fsp3) is 0.278. The smallest absolute Gasteiger partial charge is 0.267 e. The number of amides is 2. The van der Waals surface area contributed by atoms with Crippen LogP contribution in [0.25, 0.3) is 0 Å². The van der Waals surface area contributed by atoms with Crippen molar-refractivity contribution in [1.82, 2.24) is 20.3 Å². The average Bonchev–Trinajstić information content (AvgIpc) is 2.69. The number of anilines is 1. The third kappa shape index (κ3) is 5.30. The molecule has 0 bridgehead atoms. The van der Waals surface area contributed by atoms with Crippen LogP contribution in [0.5, 0.6) is 0 Å². The first-order valence-electron chi connectivity index (χ1n) is 8.53. The summed E-state index contributed by atoms with van der Waals surface area (Å²) in [6.45, 7) is 1.02. The van der Waals surface area contributed by atoms with E-state index in [1.54, 1.807) is 30.6 Å². The first kappa shape index (κ1) is 18.4. The molecule has 2 heterocycles. The summed E-state index contributed by atoms with van der Waals surface area (Å²) in [5.74, 6) is -0.346. The van der Waals surface area contributed by atoms with Crippen molar-refractivity contribution < 1.29 is 14.0 Å². The van der Waals surface area contributed by atoms with Gasteiger partial charge in [0.25, 0.3) is 5.91 Å². The van der Waals surface area contributed by atoms with Gasteiger partial charge in [-0.15, -0.1) is 0 Å². The van der Waals surface area contributed by atoms with Crippen molar-refractivity contribution in [2.75, 3.05) is 18.4 Å². The molecule has 1 aliphatic heterocycles. The highest BCUT2D eigenvalue weighted by molar-refractivity contribution is 6.39. The van der Waals surface area contributed by atoms with Gasteiger partial charge in [0.1, 0.15) is 11.5 Å². The minimum Gasteiger partial charge on any atom is -0.352 e. The van der Waals surface area contributed by atoms with E-state index < -0.39 is 0 Å². The SMILES string of the molecule is O=C(NCCNc1ncccn1)C1=NN(Cc2ccc(F)cc2)C(=O)CC1. The summed E-state index contributed by atoms with van der Waals surface area (Å²) in [5.41, 5.74) is 1.04. The van der Waals surface area contributed by atoms with Crippen molar-refractivity contribution in [3.63, 3.8) is 0 Å². The van der Waals surface area contributed by atoms with Crippen LogP contribution in [0.4, 0.5) is 10.3 Å². The van der Waals surface area contributed by atoms with E-state index in [1.165, 1.54) is 17.1 Å². The quantitative estimate of drug-likeness (QED) is 0.716. The lowest BCUT2D eigenvalue weighted by molar-refractivity contribution is -0.132. The highest BCUT2D eigenvalue weighted by Gasteiger charge is 2.24. The van der Waals surface area contributed by atoms with Crippen molar-refractivity contribution >= 4 is 23.5 Å². The van der Waals surface area contributed by atoms with E-state index in [9.17, 15) is 14.0 Å². The van der Waals surface area contributed by atoms with E-state index >= 15 is 0 Å². The molecule has 3 rings (SSSR count). The van der Waals surface area contributed by atoms with Gasteiger partial charge in [0.15, 0.2) is 0 Å². The molecule has 0 atom stereocenters. The number of nitrogens with zero attached hydrogens (tertiary/aromatic N) is 4. The molecule has 140 valence electrons. The summed E-state index contributed by atoms with van der Waals surface area (Å²) in [4.78, 5) is 32.4. The van der Waals surface area contributed by atoms with Crippen LogP contribution in [-0.4, -0.2) is 45.6 Å². The Labute approximate surface area is 155 Å². The van der Waals surface area contributed by atoms with Gasteiger partial charge in [-0.3, -0.25) is 9.59 Å². The second-order valence-corrected chi connectivity index (χ2v) is 5.88. The van der Waals surface area contributed by atoms with Crippen LogP contribution < -0.4 is 10.6 Å². The summed E-state index contributed by atoms with van der Waals surface area (Å²) in [6, 6.07) is 7.54. The van der Waals surface area contributed by atoms with Gasteiger partial charge in [0, 0.05) is 38.3 Å². The number of nitrogens with one attached hydrogen (secondary N) is 2. The molecule has 27 heavy (non-hydrogen) atoms. The lowest BCUT2D eigenvalue weighted by Crippen LogP contribution is -2.40. The van der Waals surface area contributed by atoms with Gasteiger partial charge in [0.2, 0.25) is 11.9 Å². The van der Waals surface area contributed by atoms with Gasteiger partial charge in [0.05, 0.1) is 6.54 Å². The number of halogens is 1. The van der Waals surface area contributed by atoms with Crippen LogP contribution in [-0.2, 0) is 16.1 Å². The summed E-state index contributed by atoms with van der Waals surface area (Å²) in [7, 11) is 0. The topological polar surface area (TPSA) is 99.6 Å². The molecule has 0 radical (unpaired) electrons. The first-order chi connectivity index (χ1) is 13.1. The zero-order valence-corrected chi connectivity index (χ0v) is 14.6. The normalized spacial score (nSPS) is 13.9. The Balaban J connectivity index is 1.52. The molecule has 2 amide bonds. The molecule has 8 nitrogen and oxygen atoms in total. The van der Waals surface area contributed by atoms with Crippen LogP contribution >= 0.6 is 0 Å². The minimum atomic E-state index is -0.346. The number of aromatic nitrogens is 2. The van der Waals surface area contributed by atoms with Gasteiger partial charge in [-0.25, -0.2) is 19.4 Å². The number of hydrogen-bond donors (Lipinski definition) is 2. The number of rotatable bonds is 7. The first-order valence-corrected chi connectivity index (χ1v) is 8.53. The molecule has 0 saturated carbocycles. The van der Waals surface area contributed by atoms with Crippen molar-refractivity contribution in [2.45, 2.75) is 19.4 Å². The molecule has 2 aromatic rings. The van der Waals surface area contributed by atoms with Crippen molar-refractivity contribution in [1.29, 1.82) is 0 Å². The highest BCUT2D eigenvalue weighted by atomic mass is 19.1. The molecular weight excluding hydrogens is 351 g/mol. The van der Waals surface area contributed by atoms with E-state index in [4.69, 9.17) is 0 Å². The number of benzene rings is 1. The van der Waals surface area contributed by atoms with E-state index in [1.807, 2.05) is 0 Å². The predicted molar refractivity (Wildman–Crippen MR) is 97.2 cm³/mol. The van der Waals surface area contributed by atoms with Crippen molar-refractivity contribution in [3.05, 3.63) is 54.1 Å². The Morgan fingerprint density at radius 1 is 1.11 bits per heavy atom. The molecule has 0 fully saturated rings. The van der Waals surface area contributed by atoms with Crippen molar-refractivity contribution in [3.8, 4) is 0 Å². The number of hydrogen-bond acceptors (Lipinski definition) is 6. The van der Waals surface area contributed by atoms with Gasteiger partial charge in [-0.05, 0) is 23.8 Å². The summed E-state index contributed by atoms with van der Waals surface area (Å²) < 4.78 is 13.0. The monoisotopic (exact) mass is 370 g/mol. The van der Waals surface area contributed by atoms with E-state index in [-0.39, 0.29) is 30.6 Å². The average molecular weight is 370 g/mol. The maximum absolute atomic E-state index is 13.0. The van der Waals surface area contributed by atoms with Crippen LogP contribution in [0.3, 0.4) is 0 Å². The molecule has 0 aliphatic carbocycles. The third-order valence-electron chi connectivity index (χ3n) is 3.87. The molecule has 1 aromatic heterocycles. The molecule has 0 unspecified atom stereocenters. The van der Waals surface area contributed by atoms with Crippen LogP contribution in [0.15, 0.2) is 47.8 Å². The number of carbonyl (C=O) groups excluding carboxylic acids is 2. The standard InChI is InChI=1S/C18H19FN6O2/c19-14-4-2-13(3-5-14)12-25-16(26)7-6-15(24-25)17(27)20-10-11-23-18-21-8-1-9-22-18/h1-5,8-9H,6-7,10-12H2,(H,20,27)(H,21,22,23). The zero-order valence-electron chi connectivity index (χ0n) is 14.6. The molecule has 0 saturated heterocycles. The predicted octanol–water partition coefficient (Wildman–Crippen LogP) is 1.32. The fourth-order valence-electron chi connectivity index (χ4n) is 2.49. The Morgan fingerprint density at radius 2 is 1.85 bits per heavy atom. The lowest BCUT2D eigenvalue weighted by Gasteiger charge is -2.23. The van der Waals surface area contributed by atoms with Gasteiger partial charge < -0.3 is 10.6 Å². The van der Waals surface area contributed by atoms with Crippen molar-refractivity contribution in [2.24, 2.45) is 5.10 Å². The summed E-state index contributed by atoms with van der Waals surface area (Å²) >= 11 is 0. The maximum Gasteiger partial charge on any atom is 0.267 e. The number of carbonyl (C=O) groups is 2. The minimum absolute atomic E-state index is 0.168. The molecular formula is C18H19FN6O2. The largest absolute Gasteiger partial charge is 0.352 e. The second-order valence-electron chi connectivity index (χ2n) is 5.88. The highest BCUT2D eigenvalue weighted by Crippen LogP contribution is 2.14. The van der Waals surface area contributed by atoms with E-state index in [0.29, 0.717) is 31.2 Å². The van der Waals surface area contributed by atoms with E-state index in [2.05, 4.69) is 25.7 Å². The maximum atomic E-state index is 13.0. The Kier molecular flexibility index (Phi) is 6.03. The summed E-state index contributed by atoms with van der Waals surface area (Å²) in [5, 5.41) is 11.2. The lowest BCUT2D eigenvalue weighted by atomic mass is 10.1. The van der Waals surface area contributed by atoms with Crippen LogP contribution in [0.1, 0.15) is 18.4 Å².